The summed E-state index contributed by atoms with van der Waals surface area (Å²) in [5.41, 5.74) is 7.84. The van der Waals surface area contributed by atoms with Gasteiger partial charge in [-0.15, -0.1) is 0 Å². The predicted molar refractivity (Wildman–Crippen MR) is 151 cm³/mol. The van der Waals surface area contributed by atoms with Crippen LogP contribution in [0, 0.1) is 12.7 Å². The van der Waals surface area contributed by atoms with E-state index >= 15 is 0 Å². The van der Waals surface area contributed by atoms with E-state index in [-0.39, 0.29) is 11.9 Å². The van der Waals surface area contributed by atoms with Crippen molar-refractivity contribution in [3.8, 4) is 39.4 Å². The van der Waals surface area contributed by atoms with Crippen molar-refractivity contribution in [2.24, 2.45) is 0 Å². The number of aromatic nitrogens is 5. The van der Waals surface area contributed by atoms with E-state index in [9.17, 15) is 4.39 Å². The van der Waals surface area contributed by atoms with Gasteiger partial charge in [-0.25, -0.2) is 9.37 Å². The monoisotopic (exact) mass is 518 g/mol. The van der Waals surface area contributed by atoms with Gasteiger partial charge in [0.05, 0.1) is 11.9 Å². The number of nitrogens with one attached hydrogen (secondary N) is 3. The average molecular weight is 519 g/mol. The molecule has 0 aliphatic carbocycles. The number of aryl methyl sites for hydroxylation is 1. The molecule has 2 aromatic carbocycles. The fourth-order valence-electron chi connectivity index (χ4n) is 5.44. The van der Waals surface area contributed by atoms with Crippen LogP contribution in [0.5, 0.6) is 5.75 Å². The van der Waals surface area contributed by atoms with E-state index in [0.717, 1.165) is 87.2 Å². The van der Waals surface area contributed by atoms with Crippen molar-refractivity contribution >= 4 is 21.9 Å². The molecule has 1 fully saturated rings. The van der Waals surface area contributed by atoms with Crippen LogP contribution in [0.3, 0.4) is 0 Å². The van der Waals surface area contributed by atoms with Crippen molar-refractivity contribution in [2.75, 3.05) is 13.1 Å². The number of aromatic amines is 2. The highest BCUT2D eigenvalue weighted by Crippen LogP contribution is 2.35. The number of nitrogens with zero attached hydrogens (tertiary/aromatic N) is 3. The van der Waals surface area contributed by atoms with E-state index in [1.807, 2.05) is 49.6 Å². The molecule has 8 heteroatoms. The standard InChI is InChI=1S/C31H27FN6O/c1-18-9-19(11-22(32)10-18)25-3-2-4-28-26(25)14-29(36-28)30-27-13-21(16-35-31(27)38-37-30)20-12-24(17-34-15-20)39-23-5-7-33-8-6-23/h2-4,9-17,23,33,36H,5-8H2,1H3,(H,35,37,38). The maximum absolute atomic E-state index is 14.2. The van der Waals surface area contributed by atoms with Crippen molar-refractivity contribution in [3.63, 3.8) is 0 Å². The highest BCUT2D eigenvalue weighted by atomic mass is 19.1. The molecule has 0 saturated carbocycles. The Morgan fingerprint density at radius 1 is 0.897 bits per heavy atom. The minimum atomic E-state index is -0.241. The third-order valence-electron chi connectivity index (χ3n) is 7.32. The molecule has 0 unspecified atom stereocenters. The van der Waals surface area contributed by atoms with Crippen LogP contribution in [0.2, 0.25) is 0 Å². The lowest BCUT2D eigenvalue weighted by Gasteiger charge is -2.23. The Bertz CT molecular complexity index is 1800. The van der Waals surface area contributed by atoms with Crippen molar-refractivity contribution in [3.05, 3.63) is 84.6 Å². The Morgan fingerprint density at radius 2 is 1.77 bits per heavy atom. The van der Waals surface area contributed by atoms with Gasteiger partial charge in [-0.3, -0.25) is 10.1 Å². The number of pyridine rings is 2. The van der Waals surface area contributed by atoms with Crippen molar-refractivity contribution in [1.82, 2.24) is 30.5 Å². The number of fused-ring (bicyclic) bond motifs is 2. The number of rotatable bonds is 5. The summed E-state index contributed by atoms with van der Waals surface area (Å²) < 4.78 is 20.4. The topological polar surface area (TPSA) is 91.5 Å². The first kappa shape index (κ1) is 23.5. The lowest BCUT2D eigenvalue weighted by Crippen LogP contribution is -2.34. The van der Waals surface area contributed by atoms with Crippen LogP contribution in [0.25, 0.3) is 55.6 Å². The van der Waals surface area contributed by atoms with E-state index < -0.39 is 0 Å². The van der Waals surface area contributed by atoms with Crippen LogP contribution in [0.15, 0.2) is 73.2 Å². The molecule has 6 aromatic rings. The summed E-state index contributed by atoms with van der Waals surface area (Å²) in [5, 5.41) is 12.9. The number of piperidine rings is 1. The average Bonchev–Trinajstić information content (AvgIpc) is 3.57. The fraction of sp³-hybridized carbons (Fsp3) is 0.194. The van der Waals surface area contributed by atoms with Gasteiger partial charge in [0.25, 0.3) is 0 Å². The zero-order valence-electron chi connectivity index (χ0n) is 21.5. The normalized spacial score (nSPS) is 14.3. The highest BCUT2D eigenvalue weighted by Gasteiger charge is 2.17. The summed E-state index contributed by atoms with van der Waals surface area (Å²) in [6.45, 7) is 3.85. The lowest BCUT2D eigenvalue weighted by atomic mass is 9.99. The molecule has 1 aliphatic heterocycles. The maximum Gasteiger partial charge on any atom is 0.155 e. The summed E-state index contributed by atoms with van der Waals surface area (Å²) in [5.74, 6) is 0.525. The largest absolute Gasteiger partial charge is 0.489 e. The van der Waals surface area contributed by atoms with E-state index in [1.165, 1.54) is 6.07 Å². The first-order valence-electron chi connectivity index (χ1n) is 13.2. The molecule has 7 rings (SSSR count). The first-order chi connectivity index (χ1) is 19.1. The van der Waals surface area contributed by atoms with Gasteiger partial charge in [-0.2, -0.15) is 5.10 Å². The molecule has 1 saturated heterocycles. The lowest BCUT2D eigenvalue weighted by molar-refractivity contribution is 0.162. The fourth-order valence-corrected chi connectivity index (χ4v) is 5.44. The van der Waals surface area contributed by atoms with Crippen LogP contribution in [0.4, 0.5) is 4.39 Å². The number of halogens is 1. The maximum atomic E-state index is 14.2. The van der Waals surface area contributed by atoms with E-state index in [1.54, 1.807) is 12.3 Å². The Balaban J connectivity index is 1.26. The number of ether oxygens (including phenoxy) is 1. The van der Waals surface area contributed by atoms with Crippen LogP contribution in [0.1, 0.15) is 18.4 Å². The van der Waals surface area contributed by atoms with Gasteiger partial charge in [0.1, 0.15) is 23.4 Å². The molecule has 0 radical (unpaired) electrons. The highest BCUT2D eigenvalue weighted by molar-refractivity contribution is 6.01. The summed E-state index contributed by atoms with van der Waals surface area (Å²) in [6.07, 6.45) is 7.59. The molecule has 0 bridgehead atoms. The third kappa shape index (κ3) is 4.53. The summed E-state index contributed by atoms with van der Waals surface area (Å²) in [4.78, 5) is 12.6. The van der Waals surface area contributed by atoms with Crippen molar-refractivity contribution in [2.45, 2.75) is 25.9 Å². The Hall–Kier alpha value is -4.56. The molecule has 7 nitrogen and oxygen atoms in total. The van der Waals surface area contributed by atoms with Gasteiger partial charge in [-0.1, -0.05) is 18.2 Å². The zero-order chi connectivity index (χ0) is 26.3. The van der Waals surface area contributed by atoms with Crippen molar-refractivity contribution in [1.29, 1.82) is 0 Å². The Morgan fingerprint density at radius 3 is 2.64 bits per heavy atom. The second kappa shape index (κ2) is 9.63. The second-order valence-corrected chi connectivity index (χ2v) is 10.1. The smallest absolute Gasteiger partial charge is 0.155 e. The van der Waals surface area contributed by atoms with E-state index in [4.69, 9.17) is 4.74 Å². The van der Waals surface area contributed by atoms with Crippen molar-refractivity contribution < 1.29 is 9.13 Å². The van der Waals surface area contributed by atoms with Crippen LogP contribution >= 0.6 is 0 Å². The molecule has 0 amide bonds. The molecule has 0 atom stereocenters. The van der Waals surface area contributed by atoms with E-state index in [0.29, 0.717) is 5.65 Å². The second-order valence-electron chi connectivity index (χ2n) is 10.1. The molecule has 39 heavy (non-hydrogen) atoms. The van der Waals surface area contributed by atoms with Crippen LogP contribution in [-0.2, 0) is 0 Å². The zero-order valence-corrected chi connectivity index (χ0v) is 21.5. The van der Waals surface area contributed by atoms with Gasteiger partial charge >= 0.3 is 0 Å². The van der Waals surface area contributed by atoms with Gasteiger partial charge in [-0.05, 0) is 85.9 Å². The quantitative estimate of drug-likeness (QED) is 0.245. The number of hydrogen-bond acceptors (Lipinski definition) is 5. The summed E-state index contributed by atoms with van der Waals surface area (Å²) in [7, 11) is 0. The predicted octanol–water partition coefficient (Wildman–Crippen LogP) is 6.41. The molecule has 1 aliphatic rings. The minimum absolute atomic E-state index is 0.201. The molecule has 0 spiro atoms. The Labute approximate surface area is 224 Å². The molecular weight excluding hydrogens is 491 g/mol. The van der Waals surface area contributed by atoms with Crippen LogP contribution < -0.4 is 10.1 Å². The van der Waals surface area contributed by atoms with Gasteiger partial charge in [0.15, 0.2) is 5.65 Å². The first-order valence-corrected chi connectivity index (χ1v) is 13.2. The third-order valence-corrected chi connectivity index (χ3v) is 7.32. The number of hydrogen-bond donors (Lipinski definition) is 3. The molecule has 5 heterocycles. The molecule has 3 N–H and O–H groups in total. The Kier molecular flexibility index (Phi) is 5.82. The van der Waals surface area contributed by atoms with E-state index in [2.05, 4.69) is 42.6 Å². The summed E-state index contributed by atoms with van der Waals surface area (Å²) in [6, 6.07) is 17.3. The molecule has 4 aromatic heterocycles. The molecular formula is C31H27FN6O. The van der Waals surface area contributed by atoms with Crippen LogP contribution in [-0.4, -0.2) is 44.3 Å². The number of benzene rings is 2. The molecule has 194 valence electrons. The summed E-state index contributed by atoms with van der Waals surface area (Å²) >= 11 is 0. The van der Waals surface area contributed by atoms with Gasteiger partial charge in [0.2, 0.25) is 0 Å². The van der Waals surface area contributed by atoms with Gasteiger partial charge in [0, 0.05) is 39.8 Å². The SMILES string of the molecule is Cc1cc(F)cc(-c2cccc3[nH]c(-c4n[nH]c5ncc(-c6cncc(OC7CCNCC7)c6)cc45)cc23)c1. The van der Waals surface area contributed by atoms with Gasteiger partial charge < -0.3 is 15.0 Å². The minimum Gasteiger partial charge on any atom is -0.489 e. The number of H-pyrrole nitrogens is 2.